The van der Waals surface area contributed by atoms with Crippen LogP contribution in [0.25, 0.3) is 0 Å². The molecule has 0 unspecified atom stereocenters. The van der Waals surface area contributed by atoms with Crippen LogP contribution in [0.5, 0.6) is 0 Å². The molecule has 0 saturated heterocycles. The van der Waals surface area contributed by atoms with Gasteiger partial charge in [-0.25, -0.2) is 8.78 Å². The zero-order valence-corrected chi connectivity index (χ0v) is 11.9. The Kier molecular flexibility index (Phi) is 4.32. The zero-order valence-electron chi connectivity index (χ0n) is 11.0. The maximum absolute atomic E-state index is 13.5. The highest BCUT2D eigenvalue weighted by Crippen LogP contribution is 2.26. The maximum Gasteiger partial charge on any atom is 0.163 e. The Morgan fingerprint density at radius 1 is 1.16 bits per heavy atom. The van der Waals surface area contributed by atoms with E-state index in [0.717, 1.165) is 6.07 Å². The summed E-state index contributed by atoms with van der Waals surface area (Å²) in [7, 11) is 0. The molecule has 0 atom stereocenters. The number of thiophene rings is 1. The van der Waals surface area contributed by atoms with Gasteiger partial charge < -0.3 is 5.32 Å². The molecule has 1 aromatic carbocycles. The standard InChI is InChI=1S/C15H17F2NS/c1-15(2,13-7-4-8-19-13)10-18-9-11-5-3-6-12(16)14(11)17/h3-8,18H,9-10H2,1-2H3. The highest BCUT2D eigenvalue weighted by atomic mass is 32.1. The molecule has 0 spiro atoms. The van der Waals surface area contributed by atoms with Crippen molar-refractivity contribution in [3.05, 3.63) is 57.8 Å². The molecule has 1 nitrogen and oxygen atoms in total. The van der Waals surface area contributed by atoms with E-state index in [4.69, 9.17) is 0 Å². The Morgan fingerprint density at radius 3 is 2.63 bits per heavy atom. The molecule has 0 bridgehead atoms. The molecule has 0 aliphatic carbocycles. The highest BCUT2D eigenvalue weighted by Gasteiger charge is 2.21. The molecule has 2 rings (SSSR count). The molecule has 0 fully saturated rings. The third-order valence-electron chi connectivity index (χ3n) is 3.10. The first kappa shape index (κ1) is 14.2. The van der Waals surface area contributed by atoms with Crippen LogP contribution < -0.4 is 5.32 Å². The predicted octanol–water partition coefficient (Wildman–Crippen LogP) is 4.09. The number of benzene rings is 1. The summed E-state index contributed by atoms with van der Waals surface area (Å²) in [5.41, 5.74) is 0.347. The molecule has 1 N–H and O–H groups in total. The minimum absolute atomic E-state index is 0.0159. The van der Waals surface area contributed by atoms with E-state index < -0.39 is 11.6 Å². The van der Waals surface area contributed by atoms with Crippen LogP contribution in [-0.4, -0.2) is 6.54 Å². The second kappa shape index (κ2) is 5.80. The molecule has 4 heteroatoms. The third-order valence-corrected chi connectivity index (χ3v) is 4.34. The van der Waals surface area contributed by atoms with Crippen molar-refractivity contribution in [1.29, 1.82) is 0 Å². The fraction of sp³-hybridized carbons (Fsp3) is 0.333. The first-order chi connectivity index (χ1) is 9.00. The van der Waals surface area contributed by atoms with E-state index in [1.807, 2.05) is 11.4 Å². The van der Waals surface area contributed by atoms with Gasteiger partial charge in [0.2, 0.25) is 0 Å². The molecule has 1 aromatic heterocycles. The van der Waals surface area contributed by atoms with E-state index in [1.54, 1.807) is 17.4 Å². The molecule has 0 saturated carbocycles. The molecule has 0 aliphatic heterocycles. The summed E-state index contributed by atoms with van der Waals surface area (Å²) in [5, 5.41) is 5.24. The van der Waals surface area contributed by atoms with Crippen molar-refractivity contribution in [2.45, 2.75) is 25.8 Å². The normalized spacial score (nSPS) is 11.8. The third kappa shape index (κ3) is 3.39. The van der Waals surface area contributed by atoms with E-state index in [-0.39, 0.29) is 5.41 Å². The second-order valence-electron chi connectivity index (χ2n) is 5.18. The topological polar surface area (TPSA) is 12.0 Å². The van der Waals surface area contributed by atoms with E-state index in [2.05, 4.69) is 25.2 Å². The monoisotopic (exact) mass is 281 g/mol. The van der Waals surface area contributed by atoms with Gasteiger partial charge >= 0.3 is 0 Å². The summed E-state index contributed by atoms with van der Waals surface area (Å²) in [6.45, 7) is 5.31. The summed E-state index contributed by atoms with van der Waals surface area (Å²) >= 11 is 1.71. The van der Waals surface area contributed by atoms with Crippen LogP contribution in [0.15, 0.2) is 35.7 Å². The lowest BCUT2D eigenvalue weighted by Gasteiger charge is -2.23. The number of halogens is 2. The fourth-order valence-corrected chi connectivity index (χ4v) is 2.80. The summed E-state index contributed by atoms with van der Waals surface area (Å²) in [5.74, 6) is -1.55. The van der Waals surface area contributed by atoms with Crippen LogP contribution in [0, 0.1) is 11.6 Å². The van der Waals surface area contributed by atoms with Gasteiger partial charge in [-0.2, -0.15) is 0 Å². The number of nitrogens with one attached hydrogen (secondary N) is 1. The van der Waals surface area contributed by atoms with Crippen molar-refractivity contribution >= 4 is 11.3 Å². The smallest absolute Gasteiger partial charge is 0.163 e. The van der Waals surface area contributed by atoms with Gasteiger partial charge in [0.1, 0.15) is 0 Å². The van der Waals surface area contributed by atoms with E-state index in [0.29, 0.717) is 18.7 Å². The van der Waals surface area contributed by atoms with E-state index >= 15 is 0 Å². The molecular weight excluding hydrogens is 264 g/mol. The highest BCUT2D eigenvalue weighted by molar-refractivity contribution is 7.10. The van der Waals surface area contributed by atoms with Gasteiger partial charge in [0.05, 0.1) is 0 Å². The van der Waals surface area contributed by atoms with Crippen molar-refractivity contribution in [2.75, 3.05) is 6.54 Å². The number of hydrogen-bond acceptors (Lipinski definition) is 2. The largest absolute Gasteiger partial charge is 0.312 e. The zero-order chi connectivity index (χ0) is 13.9. The number of rotatable bonds is 5. The molecule has 1 heterocycles. The van der Waals surface area contributed by atoms with Crippen LogP contribution in [0.3, 0.4) is 0 Å². The second-order valence-corrected chi connectivity index (χ2v) is 6.13. The SMILES string of the molecule is CC(C)(CNCc1cccc(F)c1F)c1cccs1. The van der Waals surface area contributed by atoms with Crippen LogP contribution >= 0.6 is 11.3 Å². The van der Waals surface area contributed by atoms with Crippen molar-refractivity contribution < 1.29 is 8.78 Å². The van der Waals surface area contributed by atoms with Crippen LogP contribution in [0.2, 0.25) is 0 Å². The summed E-state index contributed by atoms with van der Waals surface area (Å²) in [4.78, 5) is 1.28. The fourth-order valence-electron chi connectivity index (χ4n) is 1.95. The number of hydrogen-bond donors (Lipinski definition) is 1. The Bertz CT molecular complexity index is 535. The van der Waals surface area contributed by atoms with Crippen LogP contribution in [-0.2, 0) is 12.0 Å². The molecule has 19 heavy (non-hydrogen) atoms. The van der Waals surface area contributed by atoms with Crippen molar-refractivity contribution in [2.24, 2.45) is 0 Å². The molecule has 102 valence electrons. The van der Waals surface area contributed by atoms with Crippen LogP contribution in [0.1, 0.15) is 24.3 Å². The van der Waals surface area contributed by atoms with E-state index in [1.165, 1.54) is 10.9 Å². The summed E-state index contributed by atoms with van der Waals surface area (Å²) in [6, 6.07) is 8.38. The Balaban J connectivity index is 1.95. The summed E-state index contributed by atoms with van der Waals surface area (Å²) in [6.07, 6.45) is 0. The van der Waals surface area contributed by atoms with E-state index in [9.17, 15) is 8.78 Å². The molecule has 2 aromatic rings. The van der Waals surface area contributed by atoms with Gasteiger partial charge in [-0.15, -0.1) is 11.3 Å². The van der Waals surface area contributed by atoms with Gasteiger partial charge in [-0.05, 0) is 17.5 Å². The van der Waals surface area contributed by atoms with Gasteiger partial charge in [0.15, 0.2) is 11.6 Å². The van der Waals surface area contributed by atoms with Crippen molar-refractivity contribution in [3.63, 3.8) is 0 Å². The molecule has 0 radical (unpaired) electrons. The molecule has 0 amide bonds. The minimum Gasteiger partial charge on any atom is -0.312 e. The first-order valence-electron chi connectivity index (χ1n) is 6.18. The Labute approximate surface area is 116 Å². The van der Waals surface area contributed by atoms with Gasteiger partial charge in [-0.3, -0.25) is 0 Å². The Hall–Kier alpha value is -1.26. The predicted molar refractivity (Wildman–Crippen MR) is 75.4 cm³/mol. The quantitative estimate of drug-likeness (QED) is 0.870. The molecular formula is C15H17F2NS. The summed E-state index contributed by atoms with van der Waals surface area (Å²) < 4.78 is 26.5. The average molecular weight is 281 g/mol. The minimum atomic E-state index is -0.795. The lowest BCUT2D eigenvalue weighted by atomic mass is 9.91. The van der Waals surface area contributed by atoms with Crippen LogP contribution in [0.4, 0.5) is 8.78 Å². The van der Waals surface area contributed by atoms with Gasteiger partial charge in [0, 0.05) is 28.9 Å². The van der Waals surface area contributed by atoms with Crippen molar-refractivity contribution in [3.8, 4) is 0 Å². The Morgan fingerprint density at radius 2 is 1.95 bits per heavy atom. The van der Waals surface area contributed by atoms with Gasteiger partial charge in [-0.1, -0.05) is 32.0 Å². The maximum atomic E-state index is 13.5. The lowest BCUT2D eigenvalue weighted by molar-refractivity contribution is 0.460. The lowest BCUT2D eigenvalue weighted by Crippen LogP contribution is -2.32. The van der Waals surface area contributed by atoms with Gasteiger partial charge in [0.25, 0.3) is 0 Å². The first-order valence-corrected chi connectivity index (χ1v) is 7.06. The molecule has 0 aliphatic rings. The average Bonchev–Trinajstić information content (AvgIpc) is 2.89. The van der Waals surface area contributed by atoms with Crippen molar-refractivity contribution in [1.82, 2.24) is 5.32 Å².